The van der Waals surface area contributed by atoms with Crippen molar-refractivity contribution in [3.8, 4) is 0 Å². The number of hydrogen-bond acceptors (Lipinski definition) is 14. The first kappa shape index (κ1) is 57.5. The standard InChI is InChI=1S/C48H74N4O12.C2H6/c1-15-39(53)59-27-25-49-41(55)33(9)63-51-45(11,17-3)29-37(31(7)47(51,13)19-5)61-43(57)35-21-23-36(24-22-35)44(58)62-38-30-46(12,18-4)52(48(14,20-6)32(38)8)64-34(10)42(56)50-26-28-60-40(54)16-2;1-2/h15-16,21-24,31-34,37-38H,1-2,17-20,25-30H2,3-14H3,(H,49,55)(H,50,56);1-2H3. The van der Waals surface area contributed by atoms with Crippen LogP contribution in [-0.2, 0) is 47.8 Å². The predicted octanol–water partition coefficient (Wildman–Crippen LogP) is 7.45. The highest BCUT2D eigenvalue weighted by Gasteiger charge is 2.57. The molecule has 16 heteroatoms. The summed E-state index contributed by atoms with van der Waals surface area (Å²) in [6.07, 6.45) is 2.86. The van der Waals surface area contributed by atoms with E-state index >= 15 is 0 Å². The van der Waals surface area contributed by atoms with Crippen LogP contribution >= 0.6 is 0 Å². The van der Waals surface area contributed by atoms with E-state index in [9.17, 15) is 28.8 Å². The predicted molar refractivity (Wildman–Crippen MR) is 252 cm³/mol. The maximum absolute atomic E-state index is 13.8. The van der Waals surface area contributed by atoms with Gasteiger partial charge in [-0.25, -0.2) is 19.2 Å². The fourth-order valence-corrected chi connectivity index (χ4v) is 8.70. The van der Waals surface area contributed by atoms with Crippen LogP contribution in [0.2, 0.25) is 0 Å². The number of carbonyl (C=O) groups is 6. The van der Waals surface area contributed by atoms with Crippen molar-refractivity contribution in [1.29, 1.82) is 0 Å². The molecule has 1 aromatic carbocycles. The van der Waals surface area contributed by atoms with Crippen molar-refractivity contribution >= 4 is 35.7 Å². The zero-order chi connectivity index (χ0) is 50.2. The first-order valence-electron chi connectivity index (χ1n) is 23.6. The van der Waals surface area contributed by atoms with Gasteiger partial charge in [-0.15, -0.1) is 0 Å². The lowest BCUT2D eigenvalue weighted by Crippen LogP contribution is -2.69. The minimum absolute atomic E-state index is 0.00247. The summed E-state index contributed by atoms with van der Waals surface area (Å²) in [7, 11) is 0. The molecule has 10 unspecified atom stereocenters. The number of rotatable bonds is 22. The minimum atomic E-state index is -0.857. The van der Waals surface area contributed by atoms with Crippen molar-refractivity contribution in [2.45, 2.75) is 182 Å². The molecule has 2 aliphatic rings. The third kappa shape index (κ3) is 13.7. The van der Waals surface area contributed by atoms with E-state index in [1.807, 2.05) is 93.2 Å². The van der Waals surface area contributed by atoms with Gasteiger partial charge in [-0.1, -0.05) is 68.5 Å². The number of ether oxygens (including phenoxy) is 4. The van der Waals surface area contributed by atoms with Crippen molar-refractivity contribution in [3.63, 3.8) is 0 Å². The summed E-state index contributed by atoms with van der Waals surface area (Å²) in [5.41, 5.74) is -1.91. The summed E-state index contributed by atoms with van der Waals surface area (Å²) in [4.78, 5) is 89.1. The number of hydroxylamine groups is 4. The van der Waals surface area contributed by atoms with Gasteiger partial charge < -0.3 is 29.6 Å². The molecule has 2 saturated heterocycles. The van der Waals surface area contributed by atoms with Crippen molar-refractivity contribution in [3.05, 3.63) is 60.7 Å². The third-order valence-corrected chi connectivity index (χ3v) is 14.0. The quantitative estimate of drug-likeness (QED) is 0.0505. The molecule has 0 radical (unpaired) electrons. The summed E-state index contributed by atoms with van der Waals surface area (Å²) >= 11 is 0. The van der Waals surface area contributed by atoms with E-state index in [2.05, 4.69) is 23.8 Å². The van der Waals surface area contributed by atoms with Crippen molar-refractivity contribution in [2.75, 3.05) is 26.3 Å². The number of esters is 4. The van der Waals surface area contributed by atoms with E-state index in [0.29, 0.717) is 38.5 Å². The van der Waals surface area contributed by atoms with Gasteiger partial charge in [0.25, 0.3) is 11.8 Å². The van der Waals surface area contributed by atoms with Gasteiger partial charge in [-0.3, -0.25) is 19.3 Å². The molecule has 1 aromatic rings. The molecule has 2 fully saturated rings. The van der Waals surface area contributed by atoms with Crippen LogP contribution in [0, 0.1) is 11.8 Å². The highest BCUT2D eigenvalue weighted by molar-refractivity contribution is 5.93. The van der Waals surface area contributed by atoms with Gasteiger partial charge in [0.1, 0.15) is 25.4 Å². The number of nitrogens with one attached hydrogen (secondary N) is 2. The second-order valence-corrected chi connectivity index (χ2v) is 18.0. The molecule has 0 bridgehead atoms. The molecule has 66 heavy (non-hydrogen) atoms. The second-order valence-electron chi connectivity index (χ2n) is 18.0. The number of benzene rings is 1. The summed E-state index contributed by atoms with van der Waals surface area (Å²) in [5, 5.41) is 9.31. The molecule has 16 nitrogen and oxygen atoms in total. The minimum Gasteiger partial charge on any atom is -0.461 e. The van der Waals surface area contributed by atoms with Crippen LogP contribution in [0.1, 0.15) is 156 Å². The molecule has 0 spiro atoms. The van der Waals surface area contributed by atoms with Gasteiger partial charge in [-0.2, -0.15) is 10.1 Å². The summed E-state index contributed by atoms with van der Waals surface area (Å²) < 4.78 is 22.4. The molecule has 2 N–H and O–H groups in total. The maximum atomic E-state index is 13.8. The van der Waals surface area contributed by atoms with Crippen LogP contribution < -0.4 is 10.6 Å². The molecule has 0 aliphatic carbocycles. The Bertz CT molecular complexity index is 1700. The Morgan fingerprint density at radius 2 is 0.955 bits per heavy atom. The maximum Gasteiger partial charge on any atom is 0.338 e. The Kier molecular flexibility index (Phi) is 22.2. The molecule has 372 valence electrons. The van der Waals surface area contributed by atoms with Gasteiger partial charge >= 0.3 is 23.9 Å². The number of amides is 2. The molecule has 0 aromatic heterocycles. The Morgan fingerprint density at radius 1 is 0.636 bits per heavy atom. The molecule has 2 heterocycles. The zero-order valence-electron chi connectivity index (χ0n) is 42.2. The zero-order valence-corrected chi connectivity index (χ0v) is 42.2. The fourth-order valence-electron chi connectivity index (χ4n) is 8.70. The number of carbonyl (C=O) groups excluding carboxylic acids is 6. The normalized spacial score (nSPS) is 28.5. The molecular weight excluding hydrogens is 849 g/mol. The van der Waals surface area contributed by atoms with Gasteiger partial charge in [0.15, 0.2) is 12.2 Å². The SMILES string of the molecule is C=CC(=O)OCCNC(=O)C(C)ON1C(C)(CC)CC(OC(=O)c2ccc(C(=O)OC3CC(C)(CC)N(OC(C)C(=O)NCCOC(=O)C=C)C(C)(CC)C3C)cc2)C(C)C1(C)CC.CC. The van der Waals surface area contributed by atoms with E-state index in [0.717, 1.165) is 12.2 Å². The molecule has 2 amide bonds. The topological polar surface area (TPSA) is 188 Å². The Balaban J connectivity index is 0.00000737. The smallest absolute Gasteiger partial charge is 0.338 e. The van der Waals surface area contributed by atoms with E-state index < -0.39 is 70.4 Å². The van der Waals surface area contributed by atoms with Gasteiger partial charge in [-0.05, 0) is 91.5 Å². The molecular formula is C50H80N4O12. The van der Waals surface area contributed by atoms with Crippen molar-refractivity contribution < 1.29 is 57.4 Å². The number of nitrogens with zero attached hydrogens (tertiary/aromatic N) is 2. The highest BCUT2D eigenvalue weighted by atomic mass is 16.7. The third-order valence-electron chi connectivity index (χ3n) is 14.0. The second kappa shape index (κ2) is 25.5. The van der Waals surface area contributed by atoms with Gasteiger partial charge in [0.2, 0.25) is 0 Å². The lowest BCUT2D eigenvalue weighted by Gasteiger charge is -2.59. The Hall–Kier alpha value is -4.64. The van der Waals surface area contributed by atoms with Crippen LogP contribution in [0.5, 0.6) is 0 Å². The van der Waals surface area contributed by atoms with E-state index in [-0.39, 0.29) is 61.1 Å². The van der Waals surface area contributed by atoms with E-state index in [4.69, 9.17) is 28.6 Å². The first-order valence-corrected chi connectivity index (χ1v) is 23.6. The monoisotopic (exact) mass is 929 g/mol. The van der Waals surface area contributed by atoms with Gasteiger partial charge in [0.05, 0.1) is 24.2 Å². The molecule has 2 aliphatic heterocycles. The average Bonchev–Trinajstić information content (AvgIpc) is 3.32. The molecule has 10 atom stereocenters. The van der Waals surface area contributed by atoms with E-state index in [1.54, 1.807) is 38.1 Å². The largest absolute Gasteiger partial charge is 0.461 e. The lowest BCUT2D eigenvalue weighted by molar-refractivity contribution is -0.328. The summed E-state index contributed by atoms with van der Waals surface area (Å²) in [6, 6.07) is 6.28. The van der Waals surface area contributed by atoms with Gasteiger partial charge in [0, 0.05) is 59.0 Å². The van der Waals surface area contributed by atoms with Crippen molar-refractivity contribution in [2.24, 2.45) is 11.8 Å². The van der Waals surface area contributed by atoms with Crippen LogP contribution in [0.4, 0.5) is 0 Å². The number of hydrogen-bond donors (Lipinski definition) is 2. The average molecular weight is 929 g/mol. The van der Waals surface area contributed by atoms with Crippen LogP contribution in [-0.4, -0.2) is 119 Å². The van der Waals surface area contributed by atoms with Crippen molar-refractivity contribution in [1.82, 2.24) is 20.8 Å². The summed E-state index contributed by atoms with van der Waals surface area (Å²) in [6.45, 7) is 34.6. The molecule has 0 saturated carbocycles. The van der Waals surface area contributed by atoms with E-state index in [1.165, 1.54) is 0 Å². The molecule has 3 rings (SSSR count). The fraction of sp³-hybridized carbons (Fsp3) is 0.680. The van der Waals surface area contributed by atoms with Crippen LogP contribution in [0.25, 0.3) is 0 Å². The van der Waals surface area contributed by atoms with Crippen LogP contribution in [0.3, 0.4) is 0 Å². The summed E-state index contributed by atoms with van der Waals surface area (Å²) in [5.74, 6) is -3.31. The first-order chi connectivity index (χ1) is 31.0. The van der Waals surface area contributed by atoms with Crippen LogP contribution in [0.15, 0.2) is 49.6 Å². The Labute approximate surface area is 393 Å². The highest BCUT2D eigenvalue weighted by Crippen LogP contribution is 2.49. The number of piperidine rings is 2. The lowest BCUT2D eigenvalue weighted by atomic mass is 9.69. The Morgan fingerprint density at radius 3 is 1.23 bits per heavy atom.